The molecule has 0 aliphatic carbocycles. The second kappa shape index (κ2) is 4.55. The molecule has 2 aromatic heterocycles. The topological polar surface area (TPSA) is 39.2 Å². The number of thiophene rings is 1. The van der Waals surface area contributed by atoms with E-state index in [1.54, 1.807) is 17.4 Å². The molecular formula is C14H12FNOS. The summed E-state index contributed by atoms with van der Waals surface area (Å²) >= 11 is 1.66. The molecule has 1 aromatic carbocycles. The van der Waals surface area contributed by atoms with Crippen molar-refractivity contribution in [2.45, 2.75) is 12.5 Å². The lowest BCUT2D eigenvalue weighted by atomic mass is 10.1. The number of fused-ring (bicyclic) bond motifs is 1. The van der Waals surface area contributed by atoms with Gasteiger partial charge in [-0.05, 0) is 23.6 Å². The first-order valence-electron chi connectivity index (χ1n) is 5.70. The SMILES string of the molecule is NC(Cc1cccs1)c1cc2cccc(F)c2o1. The Bertz CT molecular complexity index is 660. The maximum atomic E-state index is 13.5. The van der Waals surface area contributed by atoms with Crippen LogP contribution < -0.4 is 5.73 Å². The average Bonchev–Trinajstić information content (AvgIpc) is 2.97. The number of para-hydroxylation sites is 1. The van der Waals surface area contributed by atoms with Crippen molar-refractivity contribution >= 4 is 22.3 Å². The van der Waals surface area contributed by atoms with Crippen molar-refractivity contribution < 1.29 is 8.81 Å². The average molecular weight is 261 g/mol. The maximum absolute atomic E-state index is 13.5. The van der Waals surface area contributed by atoms with Gasteiger partial charge in [0.1, 0.15) is 5.76 Å². The number of hydrogen-bond acceptors (Lipinski definition) is 3. The Hall–Kier alpha value is -1.65. The Kier molecular flexibility index (Phi) is 2.89. The Balaban J connectivity index is 1.92. The first kappa shape index (κ1) is 11.4. The summed E-state index contributed by atoms with van der Waals surface area (Å²) in [6.07, 6.45) is 0.707. The van der Waals surface area contributed by atoms with Crippen LogP contribution in [0, 0.1) is 5.82 Å². The molecule has 0 aliphatic heterocycles. The monoisotopic (exact) mass is 261 g/mol. The van der Waals surface area contributed by atoms with E-state index >= 15 is 0 Å². The van der Waals surface area contributed by atoms with Crippen LogP contribution in [0.15, 0.2) is 46.2 Å². The van der Waals surface area contributed by atoms with Crippen LogP contribution in [0.25, 0.3) is 11.0 Å². The van der Waals surface area contributed by atoms with Gasteiger partial charge in [0.2, 0.25) is 0 Å². The van der Waals surface area contributed by atoms with Crippen LogP contribution in [0.5, 0.6) is 0 Å². The zero-order valence-electron chi connectivity index (χ0n) is 9.60. The molecule has 0 spiro atoms. The van der Waals surface area contributed by atoms with Crippen molar-refractivity contribution in [1.82, 2.24) is 0 Å². The fourth-order valence-corrected chi connectivity index (χ4v) is 2.74. The van der Waals surface area contributed by atoms with E-state index in [9.17, 15) is 4.39 Å². The smallest absolute Gasteiger partial charge is 0.169 e. The van der Waals surface area contributed by atoms with Crippen LogP contribution in [0.3, 0.4) is 0 Å². The number of nitrogens with two attached hydrogens (primary N) is 1. The third-order valence-electron chi connectivity index (χ3n) is 2.88. The zero-order chi connectivity index (χ0) is 12.5. The first-order chi connectivity index (χ1) is 8.74. The standard InChI is InChI=1S/C14H12FNOS/c15-11-5-1-3-9-7-13(17-14(9)11)12(16)8-10-4-2-6-18-10/h1-7,12H,8,16H2. The summed E-state index contributed by atoms with van der Waals surface area (Å²) in [6.45, 7) is 0. The summed E-state index contributed by atoms with van der Waals surface area (Å²) in [5.74, 6) is 0.283. The van der Waals surface area contributed by atoms with Crippen molar-refractivity contribution in [3.05, 3.63) is 58.2 Å². The number of benzene rings is 1. The van der Waals surface area contributed by atoms with E-state index in [2.05, 4.69) is 0 Å². The molecule has 3 aromatic rings. The Morgan fingerprint density at radius 1 is 1.28 bits per heavy atom. The van der Waals surface area contributed by atoms with E-state index in [0.717, 1.165) is 5.39 Å². The predicted octanol–water partition coefficient (Wildman–Crippen LogP) is 3.88. The minimum absolute atomic E-state index is 0.240. The van der Waals surface area contributed by atoms with Crippen LogP contribution in [-0.2, 0) is 6.42 Å². The third-order valence-corrected chi connectivity index (χ3v) is 3.78. The minimum atomic E-state index is -0.345. The first-order valence-corrected chi connectivity index (χ1v) is 6.58. The molecule has 0 bridgehead atoms. The second-order valence-corrected chi connectivity index (χ2v) is 5.23. The second-order valence-electron chi connectivity index (χ2n) is 4.20. The van der Waals surface area contributed by atoms with Crippen LogP contribution in [0.4, 0.5) is 4.39 Å². The quantitative estimate of drug-likeness (QED) is 0.777. The summed E-state index contributed by atoms with van der Waals surface area (Å²) in [5.41, 5.74) is 6.38. The lowest BCUT2D eigenvalue weighted by Gasteiger charge is -2.06. The van der Waals surface area contributed by atoms with Gasteiger partial charge < -0.3 is 10.2 Å². The molecule has 2 nitrogen and oxygen atoms in total. The highest BCUT2D eigenvalue weighted by Crippen LogP contribution is 2.27. The van der Waals surface area contributed by atoms with Gasteiger partial charge in [0.15, 0.2) is 11.4 Å². The van der Waals surface area contributed by atoms with Gasteiger partial charge in [-0.3, -0.25) is 0 Å². The Morgan fingerprint density at radius 3 is 2.89 bits per heavy atom. The Labute approximate surface area is 108 Å². The molecule has 1 unspecified atom stereocenters. The van der Waals surface area contributed by atoms with E-state index < -0.39 is 0 Å². The fraction of sp³-hybridized carbons (Fsp3) is 0.143. The van der Waals surface area contributed by atoms with E-state index in [1.807, 2.05) is 29.6 Å². The molecule has 0 fully saturated rings. The van der Waals surface area contributed by atoms with Gasteiger partial charge in [-0.2, -0.15) is 0 Å². The summed E-state index contributed by atoms with van der Waals surface area (Å²) < 4.78 is 19.0. The number of rotatable bonds is 3. The molecule has 0 radical (unpaired) electrons. The molecule has 1 atom stereocenters. The van der Waals surface area contributed by atoms with E-state index in [4.69, 9.17) is 10.2 Å². The molecule has 0 saturated heterocycles. The zero-order valence-corrected chi connectivity index (χ0v) is 10.4. The molecule has 92 valence electrons. The van der Waals surface area contributed by atoms with Crippen LogP contribution in [-0.4, -0.2) is 0 Å². The lowest BCUT2D eigenvalue weighted by Crippen LogP contribution is -2.11. The molecule has 2 heterocycles. The largest absolute Gasteiger partial charge is 0.456 e. The normalized spacial score (nSPS) is 13.0. The van der Waals surface area contributed by atoms with E-state index in [0.29, 0.717) is 12.2 Å². The molecule has 18 heavy (non-hydrogen) atoms. The highest BCUT2D eigenvalue weighted by molar-refractivity contribution is 7.09. The van der Waals surface area contributed by atoms with Crippen molar-refractivity contribution in [2.24, 2.45) is 5.73 Å². The summed E-state index contributed by atoms with van der Waals surface area (Å²) in [7, 11) is 0. The van der Waals surface area contributed by atoms with Gasteiger partial charge in [0.25, 0.3) is 0 Å². The molecular weight excluding hydrogens is 249 g/mol. The third kappa shape index (κ3) is 2.05. The molecule has 4 heteroatoms. The van der Waals surface area contributed by atoms with Crippen molar-refractivity contribution in [1.29, 1.82) is 0 Å². The molecule has 2 N–H and O–H groups in total. The summed E-state index contributed by atoms with van der Waals surface area (Å²) in [5, 5.41) is 2.77. The predicted molar refractivity (Wildman–Crippen MR) is 71.1 cm³/mol. The van der Waals surface area contributed by atoms with Gasteiger partial charge in [-0.1, -0.05) is 18.2 Å². The fourth-order valence-electron chi connectivity index (χ4n) is 1.98. The van der Waals surface area contributed by atoms with Gasteiger partial charge >= 0.3 is 0 Å². The number of hydrogen-bond donors (Lipinski definition) is 1. The number of furan rings is 1. The van der Waals surface area contributed by atoms with Crippen molar-refractivity contribution in [3.63, 3.8) is 0 Å². The van der Waals surface area contributed by atoms with Gasteiger partial charge in [0, 0.05) is 16.7 Å². The van der Waals surface area contributed by atoms with Gasteiger partial charge in [-0.25, -0.2) is 4.39 Å². The molecule has 0 saturated carbocycles. The summed E-state index contributed by atoms with van der Waals surface area (Å²) in [6, 6.07) is 10.5. The Morgan fingerprint density at radius 2 is 2.17 bits per heavy atom. The lowest BCUT2D eigenvalue weighted by molar-refractivity contribution is 0.479. The van der Waals surface area contributed by atoms with E-state index in [-0.39, 0.29) is 17.4 Å². The highest BCUT2D eigenvalue weighted by Gasteiger charge is 2.14. The van der Waals surface area contributed by atoms with Crippen LogP contribution in [0.2, 0.25) is 0 Å². The van der Waals surface area contributed by atoms with Gasteiger partial charge in [0.05, 0.1) is 6.04 Å². The van der Waals surface area contributed by atoms with Crippen molar-refractivity contribution in [3.8, 4) is 0 Å². The molecule has 0 amide bonds. The van der Waals surface area contributed by atoms with Crippen LogP contribution >= 0.6 is 11.3 Å². The molecule has 0 aliphatic rings. The van der Waals surface area contributed by atoms with E-state index in [1.165, 1.54) is 10.9 Å². The van der Waals surface area contributed by atoms with Crippen LogP contribution in [0.1, 0.15) is 16.7 Å². The van der Waals surface area contributed by atoms with Crippen molar-refractivity contribution in [2.75, 3.05) is 0 Å². The highest BCUT2D eigenvalue weighted by atomic mass is 32.1. The maximum Gasteiger partial charge on any atom is 0.169 e. The van der Waals surface area contributed by atoms with Gasteiger partial charge in [-0.15, -0.1) is 11.3 Å². The summed E-state index contributed by atoms with van der Waals surface area (Å²) in [4.78, 5) is 1.20. The minimum Gasteiger partial charge on any atom is -0.456 e. The number of halogens is 1. The molecule has 3 rings (SSSR count).